The van der Waals surface area contributed by atoms with Crippen molar-refractivity contribution in [2.75, 3.05) is 0 Å². The van der Waals surface area contributed by atoms with Crippen LogP contribution in [0.15, 0.2) is 0 Å². The van der Waals surface area contributed by atoms with Crippen molar-refractivity contribution in [3.63, 3.8) is 0 Å². The molecular weight excluding hydrogens is 192 g/mol. The molecule has 3 nitrogen and oxygen atoms in total. The van der Waals surface area contributed by atoms with Crippen LogP contribution in [0.5, 0.6) is 0 Å². The average Bonchev–Trinajstić information content (AvgIpc) is 2.13. The van der Waals surface area contributed by atoms with Gasteiger partial charge in [0.15, 0.2) is 0 Å². The Morgan fingerprint density at radius 3 is 2.07 bits per heavy atom. The monoisotopic (exact) mass is 218 g/mol. The summed E-state index contributed by atoms with van der Waals surface area (Å²) in [5, 5.41) is 0. The average molecular weight is 218 g/mol. The highest BCUT2D eigenvalue weighted by Gasteiger charge is 2.30. The van der Waals surface area contributed by atoms with Crippen molar-refractivity contribution in [2.24, 2.45) is 11.5 Å². The fourth-order valence-electron chi connectivity index (χ4n) is 1.27. The zero-order valence-electron chi connectivity index (χ0n) is 10.2. The second-order valence-electron chi connectivity index (χ2n) is 4.63. The van der Waals surface area contributed by atoms with E-state index in [1.165, 1.54) is 0 Å². The van der Waals surface area contributed by atoms with Gasteiger partial charge in [0, 0.05) is 11.3 Å². The minimum atomic E-state index is -1.49. The molecule has 0 spiro atoms. The first-order valence-electron chi connectivity index (χ1n) is 5.53. The van der Waals surface area contributed by atoms with Crippen LogP contribution in [0.25, 0.3) is 0 Å². The minimum absolute atomic E-state index is 0.0721. The SMILES string of the molecule is CCC(N)[SiH](OC(C)(C)CC)C(C)N. The molecule has 0 rings (SSSR count). The van der Waals surface area contributed by atoms with Crippen molar-refractivity contribution in [3.8, 4) is 0 Å². The maximum Gasteiger partial charge on any atom is 0.210 e. The van der Waals surface area contributed by atoms with Gasteiger partial charge < -0.3 is 15.9 Å². The summed E-state index contributed by atoms with van der Waals surface area (Å²) in [6.07, 6.45) is 1.96. The van der Waals surface area contributed by atoms with Gasteiger partial charge in [-0.3, -0.25) is 0 Å². The lowest BCUT2D eigenvalue weighted by molar-refractivity contribution is 0.0964. The van der Waals surface area contributed by atoms with Gasteiger partial charge in [0.05, 0.1) is 5.60 Å². The lowest BCUT2D eigenvalue weighted by Gasteiger charge is -2.34. The first-order valence-corrected chi connectivity index (χ1v) is 7.33. The van der Waals surface area contributed by atoms with E-state index in [-0.39, 0.29) is 16.9 Å². The predicted molar refractivity (Wildman–Crippen MR) is 64.5 cm³/mol. The van der Waals surface area contributed by atoms with Crippen LogP contribution in [-0.2, 0) is 4.43 Å². The van der Waals surface area contributed by atoms with Crippen molar-refractivity contribution in [3.05, 3.63) is 0 Å². The molecule has 4 heteroatoms. The van der Waals surface area contributed by atoms with Crippen molar-refractivity contribution < 1.29 is 4.43 Å². The molecule has 3 unspecified atom stereocenters. The van der Waals surface area contributed by atoms with E-state index in [2.05, 4.69) is 27.7 Å². The van der Waals surface area contributed by atoms with Crippen LogP contribution in [0.3, 0.4) is 0 Å². The molecule has 0 aliphatic heterocycles. The molecule has 4 N–H and O–H groups in total. The van der Waals surface area contributed by atoms with E-state index < -0.39 is 9.04 Å². The van der Waals surface area contributed by atoms with Crippen LogP contribution in [-0.4, -0.2) is 26.0 Å². The lowest BCUT2D eigenvalue weighted by Crippen LogP contribution is -2.55. The van der Waals surface area contributed by atoms with E-state index in [0.29, 0.717) is 0 Å². The van der Waals surface area contributed by atoms with Crippen molar-refractivity contribution in [1.29, 1.82) is 0 Å². The molecule has 0 aromatic carbocycles. The number of hydrogen-bond donors (Lipinski definition) is 2. The highest BCUT2D eigenvalue weighted by Crippen LogP contribution is 2.17. The van der Waals surface area contributed by atoms with Crippen molar-refractivity contribution in [2.45, 2.75) is 64.4 Å². The standard InChI is InChI=1S/C10H26N2OSi/c1-6-9(12)14(8(3)11)13-10(4,5)7-2/h8-9,14H,6-7,11-12H2,1-5H3. The summed E-state index contributed by atoms with van der Waals surface area (Å²) >= 11 is 0. The Bertz CT molecular complexity index is 162. The highest BCUT2D eigenvalue weighted by atomic mass is 28.3. The Morgan fingerprint density at radius 2 is 1.79 bits per heavy atom. The van der Waals surface area contributed by atoms with Gasteiger partial charge in [0.1, 0.15) is 0 Å². The minimum Gasteiger partial charge on any atom is -0.412 e. The van der Waals surface area contributed by atoms with Crippen LogP contribution in [0, 0.1) is 0 Å². The maximum absolute atomic E-state index is 6.09. The Balaban J connectivity index is 4.37. The zero-order chi connectivity index (χ0) is 11.4. The second-order valence-corrected chi connectivity index (χ2v) is 7.70. The molecule has 0 aromatic heterocycles. The van der Waals surface area contributed by atoms with Gasteiger partial charge in [-0.25, -0.2) is 0 Å². The van der Waals surface area contributed by atoms with Gasteiger partial charge in [-0.05, 0) is 26.7 Å². The lowest BCUT2D eigenvalue weighted by atomic mass is 10.1. The molecule has 0 heterocycles. The van der Waals surface area contributed by atoms with Gasteiger partial charge in [-0.1, -0.05) is 20.8 Å². The van der Waals surface area contributed by atoms with Gasteiger partial charge in [0.2, 0.25) is 9.04 Å². The Morgan fingerprint density at radius 1 is 1.29 bits per heavy atom. The molecule has 0 bridgehead atoms. The van der Waals surface area contributed by atoms with Crippen LogP contribution >= 0.6 is 0 Å². The molecule has 86 valence electrons. The third-order valence-corrected chi connectivity index (χ3v) is 5.98. The van der Waals surface area contributed by atoms with E-state index in [0.717, 1.165) is 12.8 Å². The fraction of sp³-hybridized carbons (Fsp3) is 1.00. The topological polar surface area (TPSA) is 61.3 Å². The number of nitrogens with two attached hydrogens (primary N) is 2. The molecule has 14 heavy (non-hydrogen) atoms. The molecule has 0 amide bonds. The Labute approximate surface area is 89.9 Å². The first kappa shape index (κ1) is 14.1. The molecule has 0 aliphatic rings. The molecular formula is C10H26N2OSi. The second kappa shape index (κ2) is 5.85. The quantitative estimate of drug-likeness (QED) is 0.656. The summed E-state index contributed by atoms with van der Waals surface area (Å²) in [6, 6.07) is 0. The zero-order valence-corrected chi connectivity index (χ0v) is 11.4. The molecule has 0 saturated carbocycles. The smallest absolute Gasteiger partial charge is 0.210 e. The van der Waals surface area contributed by atoms with Gasteiger partial charge in [0.25, 0.3) is 0 Å². The first-order chi connectivity index (χ1) is 6.34. The Hall–Kier alpha value is 0.0969. The largest absolute Gasteiger partial charge is 0.412 e. The normalized spacial score (nSPS) is 19.1. The summed E-state index contributed by atoms with van der Waals surface area (Å²) in [5.74, 6) is 0. The van der Waals surface area contributed by atoms with E-state index in [4.69, 9.17) is 15.9 Å². The van der Waals surface area contributed by atoms with Crippen LogP contribution in [0.4, 0.5) is 0 Å². The molecule has 0 fully saturated rings. The van der Waals surface area contributed by atoms with Gasteiger partial charge in [-0.2, -0.15) is 0 Å². The van der Waals surface area contributed by atoms with E-state index in [9.17, 15) is 0 Å². The van der Waals surface area contributed by atoms with Crippen molar-refractivity contribution in [1.82, 2.24) is 0 Å². The van der Waals surface area contributed by atoms with E-state index >= 15 is 0 Å². The van der Waals surface area contributed by atoms with Gasteiger partial charge >= 0.3 is 0 Å². The molecule has 0 aromatic rings. The molecule has 0 aliphatic carbocycles. The molecule has 0 saturated heterocycles. The summed E-state index contributed by atoms with van der Waals surface area (Å²) in [5.41, 5.74) is 12.2. The third-order valence-electron chi connectivity index (χ3n) is 2.72. The summed E-state index contributed by atoms with van der Waals surface area (Å²) in [7, 11) is -1.49. The summed E-state index contributed by atoms with van der Waals surface area (Å²) in [4.78, 5) is 0. The Kier molecular flexibility index (Phi) is 5.89. The maximum atomic E-state index is 6.09. The number of hydrogen-bond acceptors (Lipinski definition) is 3. The third kappa shape index (κ3) is 4.55. The van der Waals surface area contributed by atoms with Crippen LogP contribution in [0.1, 0.15) is 47.5 Å². The van der Waals surface area contributed by atoms with Crippen LogP contribution in [0.2, 0.25) is 0 Å². The molecule has 0 radical (unpaired) electrons. The van der Waals surface area contributed by atoms with Crippen LogP contribution < -0.4 is 11.5 Å². The fourth-order valence-corrected chi connectivity index (χ4v) is 3.81. The molecule has 3 atom stereocenters. The summed E-state index contributed by atoms with van der Waals surface area (Å²) < 4.78 is 6.09. The predicted octanol–water partition coefficient (Wildman–Crippen LogP) is 1.08. The number of rotatable bonds is 6. The van der Waals surface area contributed by atoms with Crippen molar-refractivity contribution >= 4 is 9.04 Å². The van der Waals surface area contributed by atoms with E-state index in [1.807, 2.05) is 6.92 Å². The highest BCUT2D eigenvalue weighted by molar-refractivity contribution is 6.55. The van der Waals surface area contributed by atoms with Gasteiger partial charge in [-0.15, -0.1) is 0 Å². The summed E-state index contributed by atoms with van der Waals surface area (Å²) in [6.45, 7) is 10.5. The van der Waals surface area contributed by atoms with E-state index in [1.54, 1.807) is 0 Å².